The van der Waals surface area contributed by atoms with Crippen molar-refractivity contribution in [3.63, 3.8) is 0 Å². The molecule has 2 aromatic rings. The Hall–Kier alpha value is -2.28. The van der Waals surface area contributed by atoms with E-state index in [0.29, 0.717) is 31.8 Å². The van der Waals surface area contributed by atoms with Gasteiger partial charge in [-0.2, -0.15) is 0 Å². The van der Waals surface area contributed by atoms with E-state index in [1.807, 2.05) is 0 Å². The Morgan fingerprint density at radius 3 is 2.86 bits per heavy atom. The summed E-state index contributed by atoms with van der Waals surface area (Å²) in [6.45, 7) is 1.94. The molecule has 3 rings (SSSR count). The molecule has 1 saturated heterocycles. The predicted octanol–water partition coefficient (Wildman–Crippen LogP) is 0.394. The molecule has 7 heteroatoms. The third-order valence-electron chi connectivity index (χ3n) is 3.46. The van der Waals surface area contributed by atoms with E-state index < -0.39 is 11.4 Å². The van der Waals surface area contributed by atoms with Crippen molar-refractivity contribution < 1.29 is 13.9 Å². The zero-order valence-corrected chi connectivity index (χ0v) is 11.3. The largest absolute Gasteiger partial charge is 0.378 e. The van der Waals surface area contributed by atoms with Crippen molar-refractivity contribution in [3.8, 4) is 0 Å². The second-order valence-electron chi connectivity index (χ2n) is 4.83. The van der Waals surface area contributed by atoms with Crippen LogP contribution in [0.5, 0.6) is 0 Å². The second-order valence-corrected chi connectivity index (χ2v) is 4.83. The number of benzene rings is 1. The fourth-order valence-electron chi connectivity index (χ4n) is 2.30. The lowest BCUT2D eigenvalue weighted by Gasteiger charge is -2.27. The van der Waals surface area contributed by atoms with E-state index in [9.17, 15) is 14.0 Å². The van der Waals surface area contributed by atoms with Gasteiger partial charge in [0.05, 0.1) is 30.4 Å². The maximum absolute atomic E-state index is 13.2. The quantitative estimate of drug-likeness (QED) is 0.803. The van der Waals surface area contributed by atoms with Crippen molar-refractivity contribution in [1.29, 1.82) is 0 Å². The standard InChI is InChI=1S/C14H14FN3O3/c15-10-1-2-12-11(7-10)14(20)18(9-16-12)8-13(19)17-3-5-21-6-4-17/h1-2,7,9H,3-6,8H2. The summed E-state index contributed by atoms with van der Waals surface area (Å²) in [6.07, 6.45) is 1.32. The number of halogens is 1. The van der Waals surface area contributed by atoms with E-state index in [0.717, 1.165) is 6.07 Å². The molecule has 0 atom stereocenters. The Morgan fingerprint density at radius 2 is 2.10 bits per heavy atom. The first-order valence-corrected chi connectivity index (χ1v) is 6.65. The molecule has 1 aromatic carbocycles. The lowest BCUT2D eigenvalue weighted by atomic mass is 10.2. The Kier molecular flexibility index (Phi) is 3.66. The van der Waals surface area contributed by atoms with Crippen LogP contribution in [0.4, 0.5) is 4.39 Å². The summed E-state index contributed by atoms with van der Waals surface area (Å²) in [5.74, 6) is -0.670. The van der Waals surface area contributed by atoms with Gasteiger partial charge in [0.2, 0.25) is 5.91 Å². The first-order chi connectivity index (χ1) is 10.1. The highest BCUT2D eigenvalue weighted by Crippen LogP contribution is 2.08. The van der Waals surface area contributed by atoms with Crippen molar-refractivity contribution in [2.24, 2.45) is 0 Å². The number of fused-ring (bicyclic) bond motifs is 1. The van der Waals surface area contributed by atoms with Crippen molar-refractivity contribution in [2.45, 2.75) is 6.54 Å². The van der Waals surface area contributed by atoms with Crippen molar-refractivity contribution >= 4 is 16.8 Å². The number of aromatic nitrogens is 2. The van der Waals surface area contributed by atoms with E-state index >= 15 is 0 Å². The number of hydrogen-bond acceptors (Lipinski definition) is 4. The van der Waals surface area contributed by atoms with Gasteiger partial charge in [-0.15, -0.1) is 0 Å². The van der Waals surface area contributed by atoms with E-state index in [2.05, 4.69) is 4.98 Å². The summed E-state index contributed by atoms with van der Waals surface area (Å²) in [7, 11) is 0. The van der Waals surface area contributed by atoms with Gasteiger partial charge in [0.1, 0.15) is 12.4 Å². The lowest BCUT2D eigenvalue weighted by Crippen LogP contribution is -2.43. The molecule has 1 amide bonds. The fourth-order valence-corrected chi connectivity index (χ4v) is 2.30. The molecular weight excluding hydrogens is 277 g/mol. The van der Waals surface area contributed by atoms with Crippen molar-refractivity contribution in [1.82, 2.24) is 14.5 Å². The minimum absolute atomic E-state index is 0.0989. The van der Waals surface area contributed by atoms with Crippen LogP contribution in [0.1, 0.15) is 0 Å². The third kappa shape index (κ3) is 2.78. The Morgan fingerprint density at radius 1 is 1.33 bits per heavy atom. The van der Waals surface area contributed by atoms with Crippen molar-refractivity contribution in [3.05, 3.63) is 40.7 Å². The SMILES string of the molecule is O=C(Cn1cnc2ccc(F)cc2c1=O)N1CCOCC1. The fraction of sp³-hybridized carbons (Fsp3) is 0.357. The van der Waals surface area contributed by atoms with Gasteiger partial charge in [-0.3, -0.25) is 14.2 Å². The van der Waals surface area contributed by atoms with Crippen LogP contribution in [-0.2, 0) is 16.1 Å². The van der Waals surface area contributed by atoms with Crippen LogP contribution >= 0.6 is 0 Å². The average Bonchev–Trinajstić information content (AvgIpc) is 2.51. The number of nitrogens with zero attached hydrogens (tertiary/aromatic N) is 3. The molecule has 0 bridgehead atoms. The zero-order chi connectivity index (χ0) is 14.8. The molecule has 0 unspecified atom stereocenters. The number of ether oxygens (including phenoxy) is 1. The molecule has 0 radical (unpaired) electrons. The molecule has 2 heterocycles. The van der Waals surface area contributed by atoms with Gasteiger partial charge in [-0.25, -0.2) is 9.37 Å². The van der Waals surface area contributed by atoms with Crippen LogP contribution in [0.3, 0.4) is 0 Å². The van der Waals surface area contributed by atoms with E-state index in [4.69, 9.17) is 4.74 Å². The molecule has 6 nitrogen and oxygen atoms in total. The topological polar surface area (TPSA) is 64.4 Å². The summed E-state index contributed by atoms with van der Waals surface area (Å²) in [4.78, 5) is 30.1. The zero-order valence-electron chi connectivity index (χ0n) is 11.3. The number of carbonyl (C=O) groups is 1. The summed E-state index contributed by atoms with van der Waals surface area (Å²) >= 11 is 0. The number of morpholine rings is 1. The third-order valence-corrected chi connectivity index (χ3v) is 3.46. The van der Waals surface area contributed by atoms with Gasteiger partial charge >= 0.3 is 0 Å². The minimum Gasteiger partial charge on any atom is -0.378 e. The van der Waals surface area contributed by atoms with E-state index in [1.54, 1.807) is 4.90 Å². The molecule has 1 fully saturated rings. The molecule has 0 spiro atoms. The molecule has 110 valence electrons. The van der Waals surface area contributed by atoms with Crippen LogP contribution in [0.2, 0.25) is 0 Å². The van der Waals surface area contributed by atoms with Crippen LogP contribution in [0.15, 0.2) is 29.3 Å². The highest BCUT2D eigenvalue weighted by Gasteiger charge is 2.18. The molecule has 1 aliphatic rings. The van der Waals surface area contributed by atoms with Gasteiger partial charge in [-0.1, -0.05) is 0 Å². The molecule has 0 N–H and O–H groups in total. The Balaban J connectivity index is 1.88. The van der Waals surface area contributed by atoms with Crippen LogP contribution in [0, 0.1) is 5.82 Å². The maximum Gasteiger partial charge on any atom is 0.261 e. The van der Waals surface area contributed by atoms with Gasteiger partial charge in [-0.05, 0) is 18.2 Å². The van der Waals surface area contributed by atoms with Gasteiger partial charge in [0, 0.05) is 13.1 Å². The molecule has 21 heavy (non-hydrogen) atoms. The molecule has 0 aliphatic carbocycles. The lowest BCUT2D eigenvalue weighted by molar-refractivity contribution is -0.135. The number of rotatable bonds is 2. The van der Waals surface area contributed by atoms with Crippen LogP contribution in [0.25, 0.3) is 10.9 Å². The molecule has 0 saturated carbocycles. The highest BCUT2D eigenvalue weighted by atomic mass is 19.1. The predicted molar refractivity (Wildman–Crippen MR) is 73.4 cm³/mol. The maximum atomic E-state index is 13.2. The van der Waals surface area contributed by atoms with Crippen molar-refractivity contribution in [2.75, 3.05) is 26.3 Å². The van der Waals surface area contributed by atoms with E-state index in [1.165, 1.54) is 23.0 Å². The van der Waals surface area contributed by atoms with Gasteiger partial charge in [0.15, 0.2) is 0 Å². The Bertz CT molecular complexity index is 738. The van der Waals surface area contributed by atoms with E-state index in [-0.39, 0.29) is 17.8 Å². The summed E-state index contributed by atoms with van der Waals surface area (Å²) in [5, 5.41) is 0.173. The second kappa shape index (κ2) is 5.61. The molecule has 1 aromatic heterocycles. The molecular formula is C14H14FN3O3. The minimum atomic E-state index is -0.501. The Labute approximate surface area is 119 Å². The first kappa shape index (κ1) is 13.7. The summed E-state index contributed by atoms with van der Waals surface area (Å²) < 4.78 is 19.6. The average molecular weight is 291 g/mol. The molecule has 1 aliphatic heterocycles. The van der Waals surface area contributed by atoms with Crippen LogP contribution < -0.4 is 5.56 Å². The monoisotopic (exact) mass is 291 g/mol. The van der Waals surface area contributed by atoms with Crippen LogP contribution in [-0.4, -0.2) is 46.7 Å². The number of hydrogen-bond donors (Lipinski definition) is 0. The first-order valence-electron chi connectivity index (χ1n) is 6.65. The smallest absolute Gasteiger partial charge is 0.261 e. The number of carbonyl (C=O) groups excluding carboxylic acids is 1. The normalized spacial score (nSPS) is 15.4. The van der Waals surface area contributed by atoms with Gasteiger partial charge in [0.25, 0.3) is 5.56 Å². The number of amides is 1. The summed E-state index contributed by atoms with van der Waals surface area (Å²) in [6, 6.07) is 3.83. The summed E-state index contributed by atoms with van der Waals surface area (Å²) in [5.41, 5.74) is -0.00224. The van der Waals surface area contributed by atoms with Gasteiger partial charge < -0.3 is 9.64 Å². The highest BCUT2D eigenvalue weighted by molar-refractivity contribution is 5.79.